The van der Waals surface area contributed by atoms with E-state index < -0.39 is 5.41 Å². The van der Waals surface area contributed by atoms with Crippen LogP contribution in [0.4, 0.5) is 0 Å². The number of nitrogens with two attached hydrogens (primary N) is 2. The predicted octanol–water partition coefficient (Wildman–Crippen LogP) is 3.04. The summed E-state index contributed by atoms with van der Waals surface area (Å²) in [5.41, 5.74) is 6.33. The molecule has 5 nitrogen and oxygen atoms in total. The zero-order chi connectivity index (χ0) is 17.2. The highest BCUT2D eigenvalue weighted by molar-refractivity contribution is 6.30. The molecule has 1 aromatic rings. The van der Waals surface area contributed by atoms with E-state index in [1.165, 1.54) is 0 Å². The van der Waals surface area contributed by atoms with Crippen LogP contribution in [-0.2, 0) is 4.79 Å². The van der Waals surface area contributed by atoms with Crippen molar-refractivity contribution in [3.8, 4) is 0 Å². The Bertz CT molecular complexity index is 599. The van der Waals surface area contributed by atoms with Crippen LogP contribution in [0.2, 0.25) is 5.02 Å². The monoisotopic (exact) mass is 336 g/mol. The Morgan fingerprint density at radius 2 is 2.04 bits per heavy atom. The van der Waals surface area contributed by atoms with Crippen LogP contribution in [0.25, 0.3) is 0 Å². The van der Waals surface area contributed by atoms with Gasteiger partial charge in [0.2, 0.25) is 5.91 Å². The standard InChI is InChI=1S/C17H25ClN4O/c1-11(2)22-14(12-4-6-13(18)7-5-12)8-9-17(3,16(22)23)10-15(19)21-20/h4-7,11,14H,8-10,20H2,1-3H3,(H2,19,21)/t14?,17-/m1/s1. The number of amidine groups is 1. The van der Waals surface area contributed by atoms with Crippen LogP contribution in [0.1, 0.15) is 51.6 Å². The highest BCUT2D eigenvalue weighted by Gasteiger charge is 2.45. The van der Waals surface area contributed by atoms with Crippen molar-refractivity contribution in [2.24, 2.45) is 22.1 Å². The van der Waals surface area contributed by atoms with Gasteiger partial charge in [-0.2, -0.15) is 5.10 Å². The van der Waals surface area contributed by atoms with Gasteiger partial charge < -0.3 is 16.5 Å². The van der Waals surface area contributed by atoms with Crippen LogP contribution < -0.4 is 11.6 Å². The van der Waals surface area contributed by atoms with E-state index in [4.69, 9.17) is 23.2 Å². The van der Waals surface area contributed by atoms with Gasteiger partial charge in [0.15, 0.2) is 0 Å². The largest absolute Gasteiger partial charge is 0.386 e. The van der Waals surface area contributed by atoms with Crippen LogP contribution in [0, 0.1) is 5.41 Å². The number of halogens is 1. The smallest absolute Gasteiger partial charge is 0.229 e. The summed E-state index contributed by atoms with van der Waals surface area (Å²) in [6.45, 7) is 6.01. The Balaban J connectivity index is 2.32. The molecular formula is C17H25ClN4O. The summed E-state index contributed by atoms with van der Waals surface area (Å²) in [6.07, 6.45) is 2.01. The predicted molar refractivity (Wildman–Crippen MR) is 93.9 cm³/mol. The fourth-order valence-electron chi connectivity index (χ4n) is 3.37. The van der Waals surface area contributed by atoms with Gasteiger partial charge in [-0.25, -0.2) is 0 Å². The average molecular weight is 337 g/mol. The maximum atomic E-state index is 13.1. The molecule has 1 saturated heterocycles. The summed E-state index contributed by atoms with van der Waals surface area (Å²) >= 11 is 5.98. The van der Waals surface area contributed by atoms with Gasteiger partial charge in [0, 0.05) is 17.5 Å². The molecule has 1 fully saturated rings. The van der Waals surface area contributed by atoms with Crippen molar-refractivity contribution < 1.29 is 4.79 Å². The maximum Gasteiger partial charge on any atom is 0.229 e. The lowest BCUT2D eigenvalue weighted by atomic mass is 9.74. The van der Waals surface area contributed by atoms with E-state index in [2.05, 4.69) is 5.10 Å². The Hall–Kier alpha value is -1.75. The van der Waals surface area contributed by atoms with Crippen molar-refractivity contribution in [3.05, 3.63) is 34.9 Å². The minimum atomic E-state index is -0.555. The molecule has 1 heterocycles. The second-order valence-corrected chi connectivity index (χ2v) is 7.21. The first-order chi connectivity index (χ1) is 10.8. The van der Waals surface area contributed by atoms with Crippen molar-refractivity contribution in [2.45, 2.75) is 52.1 Å². The Morgan fingerprint density at radius 3 is 2.57 bits per heavy atom. The summed E-state index contributed by atoms with van der Waals surface area (Å²) in [5, 5.41) is 4.23. The molecule has 2 atom stereocenters. The SMILES string of the molecule is CC(C)N1C(=O)[C@@](C)(C/C(N)=N/N)CCC1c1ccc(Cl)cc1. The highest BCUT2D eigenvalue weighted by Crippen LogP contribution is 2.43. The molecule has 4 N–H and O–H groups in total. The number of hydrazone groups is 1. The number of hydrogen-bond acceptors (Lipinski definition) is 3. The van der Waals surface area contributed by atoms with E-state index in [1.807, 2.05) is 49.9 Å². The zero-order valence-electron chi connectivity index (χ0n) is 13.9. The molecular weight excluding hydrogens is 312 g/mol. The van der Waals surface area contributed by atoms with Crippen LogP contribution in [0.3, 0.4) is 0 Å². The number of hydrogen-bond donors (Lipinski definition) is 2. The molecule has 1 unspecified atom stereocenters. The normalized spacial score (nSPS) is 26.0. The molecule has 6 heteroatoms. The van der Waals surface area contributed by atoms with Crippen molar-refractivity contribution in [1.82, 2.24) is 4.90 Å². The first-order valence-corrected chi connectivity index (χ1v) is 8.27. The van der Waals surface area contributed by atoms with Gasteiger partial charge in [-0.3, -0.25) is 4.79 Å². The molecule has 0 spiro atoms. The third-order valence-corrected chi connectivity index (χ3v) is 4.86. The van der Waals surface area contributed by atoms with E-state index in [0.29, 0.717) is 17.3 Å². The van der Waals surface area contributed by atoms with Gasteiger partial charge in [0.05, 0.1) is 11.5 Å². The second kappa shape index (κ2) is 6.79. The molecule has 1 aliphatic heterocycles. The number of amides is 1. The molecule has 0 saturated carbocycles. The van der Waals surface area contributed by atoms with E-state index in [9.17, 15) is 4.79 Å². The van der Waals surface area contributed by atoms with E-state index in [1.54, 1.807) is 0 Å². The molecule has 1 amide bonds. The molecule has 2 rings (SSSR count). The lowest BCUT2D eigenvalue weighted by molar-refractivity contribution is -0.151. The number of carbonyl (C=O) groups excluding carboxylic acids is 1. The Labute approximate surface area is 142 Å². The fraction of sp³-hybridized carbons (Fsp3) is 0.529. The molecule has 126 valence electrons. The zero-order valence-corrected chi connectivity index (χ0v) is 14.7. The van der Waals surface area contributed by atoms with E-state index in [-0.39, 0.29) is 18.0 Å². The van der Waals surface area contributed by atoms with Gasteiger partial charge in [0.1, 0.15) is 5.84 Å². The van der Waals surface area contributed by atoms with Crippen LogP contribution in [-0.4, -0.2) is 22.7 Å². The first-order valence-electron chi connectivity index (χ1n) is 7.89. The summed E-state index contributed by atoms with van der Waals surface area (Å²) < 4.78 is 0. The highest BCUT2D eigenvalue weighted by atomic mass is 35.5. The molecule has 0 bridgehead atoms. The number of likely N-dealkylation sites (tertiary alicyclic amines) is 1. The number of benzene rings is 1. The van der Waals surface area contributed by atoms with Gasteiger partial charge in [-0.1, -0.05) is 30.7 Å². The van der Waals surface area contributed by atoms with Gasteiger partial charge in [-0.15, -0.1) is 0 Å². The quantitative estimate of drug-likeness (QED) is 0.383. The number of rotatable bonds is 4. The van der Waals surface area contributed by atoms with Gasteiger partial charge in [-0.05, 0) is 44.4 Å². The third kappa shape index (κ3) is 3.61. The molecule has 1 aromatic carbocycles. The van der Waals surface area contributed by atoms with Crippen LogP contribution >= 0.6 is 11.6 Å². The van der Waals surface area contributed by atoms with Crippen LogP contribution in [0.15, 0.2) is 29.4 Å². The van der Waals surface area contributed by atoms with E-state index >= 15 is 0 Å². The Morgan fingerprint density at radius 1 is 1.43 bits per heavy atom. The van der Waals surface area contributed by atoms with Crippen molar-refractivity contribution in [1.29, 1.82) is 0 Å². The minimum Gasteiger partial charge on any atom is -0.386 e. The lowest BCUT2D eigenvalue weighted by Crippen LogP contribution is -2.52. The topological polar surface area (TPSA) is 84.7 Å². The average Bonchev–Trinajstić information content (AvgIpc) is 2.50. The maximum absolute atomic E-state index is 13.1. The van der Waals surface area contributed by atoms with E-state index in [0.717, 1.165) is 18.4 Å². The molecule has 23 heavy (non-hydrogen) atoms. The molecule has 1 aliphatic rings. The number of piperidine rings is 1. The number of carbonyl (C=O) groups is 1. The van der Waals surface area contributed by atoms with Gasteiger partial charge in [0.25, 0.3) is 0 Å². The molecule has 0 aromatic heterocycles. The Kier molecular flexibility index (Phi) is 5.19. The third-order valence-electron chi connectivity index (χ3n) is 4.60. The second-order valence-electron chi connectivity index (χ2n) is 6.77. The van der Waals surface area contributed by atoms with Crippen molar-refractivity contribution >= 4 is 23.3 Å². The number of nitrogens with zero attached hydrogens (tertiary/aromatic N) is 2. The lowest BCUT2D eigenvalue weighted by Gasteiger charge is -2.46. The minimum absolute atomic E-state index is 0.0591. The first kappa shape index (κ1) is 17.6. The molecule has 0 radical (unpaired) electrons. The summed E-state index contributed by atoms with van der Waals surface area (Å²) in [7, 11) is 0. The van der Waals surface area contributed by atoms with Gasteiger partial charge >= 0.3 is 0 Å². The summed E-state index contributed by atoms with van der Waals surface area (Å²) in [6, 6.07) is 7.88. The van der Waals surface area contributed by atoms with Crippen molar-refractivity contribution in [2.75, 3.05) is 0 Å². The fourth-order valence-corrected chi connectivity index (χ4v) is 3.50. The summed E-state index contributed by atoms with van der Waals surface area (Å²) in [4.78, 5) is 15.1. The van der Waals surface area contributed by atoms with Crippen molar-refractivity contribution in [3.63, 3.8) is 0 Å². The molecule has 0 aliphatic carbocycles. The van der Waals surface area contributed by atoms with Crippen LogP contribution in [0.5, 0.6) is 0 Å². The summed E-state index contributed by atoms with van der Waals surface area (Å²) in [5.74, 6) is 5.66.